The zero-order valence-corrected chi connectivity index (χ0v) is 10.7. The van der Waals surface area contributed by atoms with Crippen molar-refractivity contribution in [1.82, 2.24) is 9.97 Å². The third kappa shape index (κ3) is 2.83. The minimum atomic E-state index is -0.577. The molecule has 17 heavy (non-hydrogen) atoms. The van der Waals surface area contributed by atoms with Crippen LogP contribution < -0.4 is 10.5 Å². The zero-order chi connectivity index (χ0) is 12.4. The summed E-state index contributed by atoms with van der Waals surface area (Å²) < 4.78 is 19.1. The molecule has 0 saturated carbocycles. The van der Waals surface area contributed by atoms with Crippen molar-refractivity contribution in [1.29, 1.82) is 0 Å². The van der Waals surface area contributed by atoms with Gasteiger partial charge in [-0.2, -0.15) is 0 Å². The van der Waals surface area contributed by atoms with Crippen molar-refractivity contribution < 1.29 is 9.13 Å². The number of nitrogens with two attached hydrogens (primary N) is 1. The Morgan fingerprint density at radius 1 is 1.29 bits per heavy atom. The first-order valence-electron chi connectivity index (χ1n) is 4.46. The first-order valence-corrected chi connectivity index (χ1v) is 5.63. The van der Waals surface area contributed by atoms with Crippen LogP contribution in [0.25, 0.3) is 0 Å². The summed E-state index contributed by atoms with van der Waals surface area (Å²) in [6.45, 7) is 0. The van der Waals surface area contributed by atoms with Gasteiger partial charge in [-0.15, -0.1) is 0 Å². The Morgan fingerprint density at radius 2 is 2.06 bits per heavy atom. The van der Waals surface area contributed by atoms with E-state index in [1.807, 2.05) is 0 Å². The monoisotopic (exact) mass is 317 g/mol. The molecule has 2 N–H and O–H groups in total. The van der Waals surface area contributed by atoms with Gasteiger partial charge in [-0.25, -0.2) is 14.4 Å². The highest BCUT2D eigenvalue weighted by Crippen LogP contribution is 2.33. The van der Waals surface area contributed by atoms with Crippen LogP contribution in [0.4, 0.5) is 10.2 Å². The van der Waals surface area contributed by atoms with Crippen LogP contribution in [0.3, 0.4) is 0 Å². The van der Waals surface area contributed by atoms with Gasteiger partial charge in [0, 0.05) is 12.1 Å². The van der Waals surface area contributed by atoms with Crippen LogP contribution >= 0.6 is 27.5 Å². The Bertz CT molecular complexity index is 567. The van der Waals surface area contributed by atoms with E-state index >= 15 is 0 Å². The van der Waals surface area contributed by atoms with Gasteiger partial charge < -0.3 is 10.5 Å². The topological polar surface area (TPSA) is 61.0 Å². The van der Waals surface area contributed by atoms with Gasteiger partial charge in [-0.3, -0.25) is 0 Å². The van der Waals surface area contributed by atoms with Gasteiger partial charge >= 0.3 is 0 Å². The first-order chi connectivity index (χ1) is 8.06. The maximum absolute atomic E-state index is 13.3. The highest BCUT2D eigenvalue weighted by Gasteiger charge is 2.09. The lowest BCUT2D eigenvalue weighted by atomic mass is 10.3. The number of rotatable bonds is 2. The summed E-state index contributed by atoms with van der Waals surface area (Å²) in [6.07, 6.45) is 1.25. The second-order valence-electron chi connectivity index (χ2n) is 3.08. The molecule has 0 aliphatic rings. The predicted octanol–water partition coefficient (Wildman–Crippen LogP) is 3.41. The first kappa shape index (κ1) is 12.1. The molecule has 0 aliphatic carbocycles. The Kier molecular flexibility index (Phi) is 3.44. The van der Waals surface area contributed by atoms with Gasteiger partial charge in [-0.05, 0) is 22.0 Å². The number of hydrogen-bond donors (Lipinski definition) is 1. The Hall–Kier alpha value is -1.40. The highest BCUT2D eigenvalue weighted by molar-refractivity contribution is 9.10. The summed E-state index contributed by atoms with van der Waals surface area (Å²) in [5, 5.41) is 0.00595. The lowest BCUT2D eigenvalue weighted by Gasteiger charge is -2.07. The van der Waals surface area contributed by atoms with Crippen LogP contribution in [0.1, 0.15) is 0 Å². The number of hydrogen-bond acceptors (Lipinski definition) is 4. The fraction of sp³-hybridized carbons (Fsp3) is 0. The number of nitrogen functional groups attached to an aromatic ring is 1. The van der Waals surface area contributed by atoms with Crippen LogP contribution in [0.15, 0.2) is 29.0 Å². The summed E-state index contributed by atoms with van der Waals surface area (Å²) >= 11 is 8.81. The van der Waals surface area contributed by atoms with E-state index in [9.17, 15) is 4.39 Å². The zero-order valence-electron chi connectivity index (χ0n) is 8.32. The number of benzene rings is 1. The van der Waals surface area contributed by atoms with E-state index < -0.39 is 5.82 Å². The van der Waals surface area contributed by atoms with Crippen molar-refractivity contribution in [2.45, 2.75) is 0 Å². The number of aromatic nitrogens is 2. The van der Waals surface area contributed by atoms with Gasteiger partial charge in [0.1, 0.15) is 23.7 Å². The number of nitrogens with zero attached hydrogens (tertiary/aromatic N) is 2. The molecule has 1 aromatic heterocycles. The lowest BCUT2D eigenvalue weighted by Crippen LogP contribution is -1.94. The van der Waals surface area contributed by atoms with E-state index in [0.717, 1.165) is 6.07 Å². The molecule has 0 radical (unpaired) electrons. The van der Waals surface area contributed by atoms with Gasteiger partial charge in [-0.1, -0.05) is 11.6 Å². The van der Waals surface area contributed by atoms with Gasteiger partial charge in [0.05, 0.1) is 9.50 Å². The van der Waals surface area contributed by atoms with Crippen molar-refractivity contribution in [2.24, 2.45) is 0 Å². The molecular formula is C10H6BrClFN3O. The summed E-state index contributed by atoms with van der Waals surface area (Å²) in [6, 6.07) is 3.99. The average molecular weight is 319 g/mol. The highest BCUT2D eigenvalue weighted by atomic mass is 79.9. The van der Waals surface area contributed by atoms with E-state index in [1.54, 1.807) is 0 Å². The molecule has 1 aromatic carbocycles. The molecule has 1 heterocycles. The van der Waals surface area contributed by atoms with Crippen LogP contribution in [-0.2, 0) is 0 Å². The number of halogens is 3. The van der Waals surface area contributed by atoms with Gasteiger partial charge in [0.2, 0.25) is 5.88 Å². The largest absolute Gasteiger partial charge is 0.438 e. The maximum Gasteiger partial charge on any atom is 0.224 e. The molecule has 0 amide bonds. The molecule has 4 nitrogen and oxygen atoms in total. The molecule has 0 atom stereocenters. The molecule has 0 aliphatic heterocycles. The molecule has 2 rings (SSSR count). The molecule has 0 saturated heterocycles. The molecule has 2 aromatic rings. The van der Waals surface area contributed by atoms with E-state index in [2.05, 4.69) is 25.9 Å². The summed E-state index contributed by atoms with van der Waals surface area (Å²) in [5.74, 6) is 0.164. The second kappa shape index (κ2) is 4.85. The van der Waals surface area contributed by atoms with Crippen molar-refractivity contribution in [3.63, 3.8) is 0 Å². The molecule has 0 bridgehead atoms. The molecule has 0 unspecified atom stereocenters. The third-order valence-electron chi connectivity index (χ3n) is 1.85. The van der Waals surface area contributed by atoms with Crippen molar-refractivity contribution in [2.75, 3.05) is 5.73 Å². The van der Waals surface area contributed by atoms with Crippen LogP contribution in [-0.4, -0.2) is 9.97 Å². The van der Waals surface area contributed by atoms with Crippen molar-refractivity contribution >= 4 is 33.3 Å². The normalized spacial score (nSPS) is 10.3. The van der Waals surface area contributed by atoms with Gasteiger partial charge in [0.15, 0.2) is 0 Å². The van der Waals surface area contributed by atoms with E-state index in [0.29, 0.717) is 4.47 Å². The van der Waals surface area contributed by atoms with Crippen LogP contribution in [0, 0.1) is 5.82 Å². The van der Waals surface area contributed by atoms with Crippen LogP contribution in [0.5, 0.6) is 11.6 Å². The Balaban J connectivity index is 2.33. The maximum atomic E-state index is 13.3. The molecule has 88 valence electrons. The lowest BCUT2D eigenvalue weighted by molar-refractivity contribution is 0.454. The van der Waals surface area contributed by atoms with Gasteiger partial charge in [0.25, 0.3) is 0 Å². The Labute approximate surface area is 110 Å². The fourth-order valence-electron chi connectivity index (χ4n) is 1.10. The minimum Gasteiger partial charge on any atom is -0.438 e. The van der Waals surface area contributed by atoms with E-state index in [-0.39, 0.29) is 22.5 Å². The summed E-state index contributed by atoms with van der Waals surface area (Å²) in [4.78, 5) is 7.55. The quantitative estimate of drug-likeness (QED) is 0.862. The SMILES string of the molecule is Nc1cc(Oc2cc(F)c(Cl)cc2Br)ncn1. The third-order valence-corrected chi connectivity index (χ3v) is 2.76. The van der Waals surface area contributed by atoms with E-state index in [4.69, 9.17) is 22.1 Å². The minimum absolute atomic E-state index is 0.00595. The average Bonchev–Trinajstić information content (AvgIpc) is 2.26. The predicted molar refractivity (Wildman–Crippen MR) is 65.6 cm³/mol. The smallest absolute Gasteiger partial charge is 0.224 e. The molecule has 0 spiro atoms. The summed E-state index contributed by atoms with van der Waals surface area (Å²) in [5.41, 5.74) is 5.47. The Morgan fingerprint density at radius 3 is 2.76 bits per heavy atom. The summed E-state index contributed by atoms with van der Waals surface area (Å²) in [7, 11) is 0. The second-order valence-corrected chi connectivity index (χ2v) is 4.34. The standard InChI is InChI=1S/C10H6BrClFN3O/c11-5-1-6(12)7(13)2-8(5)17-10-3-9(14)15-4-16-10/h1-4H,(H2,14,15,16). The van der Waals surface area contributed by atoms with E-state index in [1.165, 1.54) is 18.5 Å². The number of anilines is 1. The van der Waals surface area contributed by atoms with Crippen molar-refractivity contribution in [3.05, 3.63) is 39.8 Å². The van der Waals surface area contributed by atoms with Crippen LogP contribution in [0.2, 0.25) is 5.02 Å². The molecule has 0 fully saturated rings. The van der Waals surface area contributed by atoms with Crippen molar-refractivity contribution in [3.8, 4) is 11.6 Å². The molecule has 7 heteroatoms. The molecular weight excluding hydrogens is 312 g/mol. The fourth-order valence-corrected chi connectivity index (χ4v) is 1.82. The number of ether oxygens (including phenoxy) is 1.